The minimum absolute atomic E-state index is 0.0955. The first-order valence-corrected chi connectivity index (χ1v) is 6.98. The van der Waals surface area contributed by atoms with Gasteiger partial charge in [-0.15, -0.1) is 11.3 Å². The van der Waals surface area contributed by atoms with Crippen LogP contribution in [0.15, 0.2) is 0 Å². The summed E-state index contributed by atoms with van der Waals surface area (Å²) in [7, 11) is 0. The molecule has 16 heavy (non-hydrogen) atoms. The first-order valence-electron chi connectivity index (χ1n) is 6.16. The molecule has 0 amide bonds. The molecule has 2 heterocycles. The van der Waals surface area contributed by atoms with Crippen LogP contribution in [0.4, 0.5) is 0 Å². The van der Waals surface area contributed by atoms with E-state index in [0.29, 0.717) is 5.92 Å². The first-order chi connectivity index (χ1) is 7.84. The lowest BCUT2D eigenvalue weighted by atomic mass is 10.0. The topological polar surface area (TPSA) is 48.1 Å². The summed E-state index contributed by atoms with van der Waals surface area (Å²) < 4.78 is 5.40. The maximum Gasteiger partial charge on any atom is 0.110 e. The van der Waals surface area contributed by atoms with Gasteiger partial charge in [-0.05, 0) is 32.1 Å². The van der Waals surface area contributed by atoms with Gasteiger partial charge in [0.2, 0.25) is 0 Å². The smallest absolute Gasteiger partial charge is 0.110 e. The van der Waals surface area contributed by atoms with E-state index in [0.717, 1.165) is 31.1 Å². The number of nitrogens with zero attached hydrogens (tertiary/aromatic N) is 1. The van der Waals surface area contributed by atoms with Gasteiger partial charge in [0.1, 0.15) is 5.01 Å². The molecule has 0 bridgehead atoms. The summed E-state index contributed by atoms with van der Waals surface area (Å²) in [5, 5.41) is 1.14. The van der Waals surface area contributed by atoms with Crippen molar-refractivity contribution < 1.29 is 4.74 Å². The van der Waals surface area contributed by atoms with Gasteiger partial charge in [-0.2, -0.15) is 0 Å². The van der Waals surface area contributed by atoms with Gasteiger partial charge in [0.05, 0.1) is 18.3 Å². The fraction of sp³-hybridized carbons (Fsp3) is 0.750. The Morgan fingerprint density at radius 2 is 2.25 bits per heavy atom. The van der Waals surface area contributed by atoms with Crippen LogP contribution in [0.2, 0.25) is 0 Å². The number of fused-ring (bicyclic) bond motifs is 1. The van der Waals surface area contributed by atoms with Gasteiger partial charge in [0, 0.05) is 17.4 Å². The predicted octanol–water partition coefficient (Wildman–Crippen LogP) is 2.06. The van der Waals surface area contributed by atoms with E-state index in [2.05, 4.69) is 0 Å². The summed E-state index contributed by atoms with van der Waals surface area (Å²) in [4.78, 5) is 6.22. The largest absolute Gasteiger partial charge is 0.381 e. The van der Waals surface area contributed by atoms with E-state index in [-0.39, 0.29) is 6.04 Å². The predicted molar refractivity (Wildman–Crippen MR) is 64.6 cm³/mol. The zero-order valence-electron chi connectivity index (χ0n) is 9.45. The summed E-state index contributed by atoms with van der Waals surface area (Å²) >= 11 is 1.84. The standard InChI is InChI=1S/C12H18N2OS/c13-11(8-5-6-15-7-8)12-14-9-3-1-2-4-10(9)16-12/h8,11H,1-7,13H2. The second-order valence-electron chi connectivity index (χ2n) is 4.78. The average Bonchev–Trinajstić information content (AvgIpc) is 2.97. The summed E-state index contributed by atoms with van der Waals surface area (Å²) in [6, 6.07) is 0.0955. The lowest BCUT2D eigenvalue weighted by molar-refractivity contribution is 0.181. The summed E-state index contributed by atoms with van der Waals surface area (Å²) in [5.41, 5.74) is 7.60. The van der Waals surface area contributed by atoms with E-state index in [1.165, 1.54) is 29.8 Å². The fourth-order valence-corrected chi connectivity index (χ4v) is 3.80. The van der Waals surface area contributed by atoms with E-state index in [1.54, 1.807) is 0 Å². The molecule has 88 valence electrons. The van der Waals surface area contributed by atoms with Crippen LogP contribution in [0.3, 0.4) is 0 Å². The van der Waals surface area contributed by atoms with Crippen LogP contribution in [-0.2, 0) is 17.6 Å². The molecule has 1 fully saturated rings. The molecular formula is C12H18N2OS. The highest BCUT2D eigenvalue weighted by molar-refractivity contribution is 7.11. The molecule has 1 aliphatic carbocycles. The lowest BCUT2D eigenvalue weighted by Crippen LogP contribution is -2.21. The minimum atomic E-state index is 0.0955. The second-order valence-corrected chi connectivity index (χ2v) is 5.89. The quantitative estimate of drug-likeness (QED) is 0.858. The Balaban J connectivity index is 1.80. The molecule has 0 aromatic carbocycles. The molecule has 2 N–H and O–H groups in total. The highest BCUT2D eigenvalue weighted by Gasteiger charge is 2.27. The SMILES string of the molecule is NC(c1nc2c(s1)CCCC2)C1CCOC1. The number of rotatable bonds is 2. The molecule has 3 nitrogen and oxygen atoms in total. The molecule has 1 aromatic heterocycles. The van der Waals surface area contributed by atoms with E-state index < -0.39 is 0 Å². The van der Waals surface area contributed by atoms with Gasteiger partial charge in [-0.3, -0.25) is 0 Å². The fourth-order valence-electron chi connectivity index (χ4n) is 2.55. The van der Waals surface area contributed by atoms with Crippen molar-refractivity contribution in [2.75, 3.05) is 13.2 Å². The summed E-state index contributed by atoms with van der Waals surface area (Å²) in [6.07, 6.45) is 6.06. The molecule has 0 radical (unpaired) electrons. The highest BCUT2D eigenvalue weighted by Crippen LogP contribution is 2.33. The third kappa shape index (κ3) is 1.90. The third-order valence-electron chi connectivity index (χ3n) is 3.62. The van der Waals surface area contributed by atoms with Gasteiger partial charge < -0.3 is 10.5 Å². The maximum atomic E-state index is 6.28. The Morgan fingerprint density at radius 3 is 3.00 bits per heavy atom. The average molecular weight is 238 g/mol. The van der Waals surface area contributed by atoms with E-state index >= 15 is 0 Å². The molecule has 2 atom stereocenters. The van der Waals surface area contributed by atoms with Crippen LogP contribution < -0.4 is 5.73 Å². The van der Waals surface area contributed by atoms with Crippen molar-refractivity contribution in [3.8, 4) is 0 Å². The third-order valence-corrected chi connectivity index (χ3v) is 4.88. The summed E-state index contributed by atoms with van der Waals surface area (Å²) in [6.45, 7) is 1.68. The molecule has 3 rings (SSSR count). The molecule has 1 saturated heterocycles. The number of ether oxygens (including phenoxy) is 1. The Bertz CT molecular complexity index is 348. The van der Waals surface area contributed by atoms with Crippen LogP contribution in [0.5, 0.6) is 0 Å². The van der Waals surface area contributed by atoms with Crippen LogP contribution in [-0.4, -0.2) is 18.2 Å². The van der Waals surface area contributed by atoms with Gasteiger partial charge in [-0.1, -0.05) is 0 Å². The zero-order chi connectivity index (χ0) is 11.0. The maximum absolute atomic E-state index is 6.28. The van der Waals surface area contributed by atoms with Gasteiger partial charge >= 0.3 is 0 Å². The number of aromatic nitrogens is 1. The van der Waals surface area contributed by atoms with Crippen molar-refractivity contribution in [2.24, 2.45) is 11.7 Å². The summed E-state index contributed by atoms with van der Waals surface area (Å²) in [5.74, 6) is 0.479. The Morgan fingerprint density at radius 1 is 1.38 bits per heavy atom. The van der Waals surface area contributed by atoms with E-state index in [1.807, 2.05) is 11.3 Å². The molecule has 1 aromatic rings. The zero-order valence-corrected chi connectivity index (χ0v) is 10.3. The van der Waals surface area contributed by atoms with Crippen molar-refractivity contribution in [2.45, 2.75) is 38.1 Å². The van der Waals surface area contributed by atoms with Crippen LogP contribution >= 0.6 is 11.3 Å². The lowest BCUT2D eigenvalue weighted by Gasteiger charge is -2.14. The van der Waals surface area contributed by atoms with Crippen LogP contribution in [0.1, 0.15) is 40.9 Å². The number of thiazole rings is 1. The molecule has 0 spiro atoms. The molecule has 1 aliphatic heterocycles. The minimum Gasteiger partial charge on any atom is -0.381 e. The number of aryl methyl sites for hydroxylation is 2. The van der Waals surface area contributed by atoms with Crippen molar-refractivity contribution in [3.05, 3.63) is 15.6 Å². The van der Waals surface area contributed by atoms with Gasteiger partial charge in [0.15, 0.2) is 0 Å². The molecule has 0 saturated carbocycles. The van der Waals surface area contributed by atoms with Gasteiger partial charge in [0.25, 0.3) is 0 Å². The van der Waals surface area contributed by atoms with E-state index in [4.69, 9.17) is 15.5 Å². The number of nitrogens with two attached hydrogens (primary N) is 1. The Hall–Kier alpha value is -0.450. The molecule has 2 aliphatic rings. The van der Waals surface area contributed by atoms with Crippen molar-refractivity contribution >= 4 is 11.3 Å². The number of hydrogen-bond acceptors (Lipinski definition) is 4. The monoisotopic (exact) mass is 238 g/mol. The molecule has 4 heteroatoms. The Labute approximate surface area is 100 Å². The van der Waals surface area contributed by atoms with Crippen LogP contribution in [0.25, 0.3) is 0 Å². The van der Waals surface area contributed by atoms with Crippen molar-refractivity contribution in [1.29, 1.82) is 0 Å². The van der Waals surface area contributed by atoms with E-state index in [9.17, 15) is 0 Å². The molecule has 2 unspecified atom stereocenters. The Kier molecular flexibility index (Phi) is 2.96. The van der Waals surface area contributed by atoms with Crippen molar-refractivity contribution in [1.82, 2.24) is 4.98 Å². The molecular weight excluding hydrogens is 220 g/mol. The highest BCUT2D eigenvalue weighted by atomic mass is 32.1. The number of hydrogen-bond donors (Lipinski definition) is 1. The first kappa shape index (κ1) is 10.7. The normalized spacial score (nSPS) is 26.7. The van der Waals surface area contributed by atoms with Gasteiger partial charge in [-0.25, -0.2) is 4.98 Å². The van der Waals surface area contributed by atoms with Crippen LogP contribution in [0, 0.1) is 5.92 Å². The van der Waals surface area contributed by atoms with Crippen molar-refractivity contribution in [3.63, 3.8) is 0 Å². The second kappa shape index (κ2) is 4.43.